The van der Waals surface area contributed by atoms with Gasteiger partial charge in [0.2, 0.25) is 0 Å². The van der Waals surface area contributed by atoms with Crippen LogP contribution in [-0.4, -0.2) is 54.0 Å². The number of likely N-dealkylation sites (tertiary alicyclic amines) is 1. The zero-order valence-electron chi connectivity index (χ0n) is 11.0. The van der Waals surface area contributed by atoms with Gasteiger partial charge >= 0.3 is 0 Å². The van der Waals surface area contributed by atoms with Crippen molar-refractivity contribution in [3.05, 3.63) is 29.8 Å². The first-order valence-corrected chi connectivity index (χ1v) is 6.32. The highest BCUT2D eigenvalue weighted by molar-refractivity contribution is 5.94. The van der Waals surface area contributed by atoms with Crippen molar-refractivity contribution >= 4 is 5.91 Å². The van der Waals surface area contributed by atoms with Gasteiger partial charge < -0.3 is 14.9 Å². The van der Waals surface area contributed by atoms with Crippen molar-refractivity contribution in [1.29, 1.82) is 0 Å². The first-order valence-electron chi connectivity index (χ1n) is 6.32. The molecule has 0 aromatic heterocycles. The number of carbonyl (C=O) groups excluding carboxylic acids is 1. The van der Waals surface area contributed by atoms with E-state index in [2.05, 4.69) is 11.9 Å². The lowest BCUT2D eigenvalue weighted by Gasteiger charge is -2.35. The number of piperidine rings is 1. The van der Waals surface area contributed by atoms with Crippen LogP contribution in [0.3, 0.4) is 0 Å². The third kappa shape index (κ3) is 2.82. The molecule has 1 aromatic rings. The second kappa shape index (κ2) is 5.40. The van der Waals surface area contributed by atoms with Crippen LogP contribution in [-0.2, 0) is 0 Å². The Balaban J connectivity index is 2.06. The van der Waals surface area contributed by atoms with Gasteiger partial charge in [0.1, 0.15) is 5.75 Å². The predicted octanol–water partition coefficient (Wildman–Crippen LogP) is 1.56. The van der Waals surface area contributed by atoms with Crippen LogP contribution < -0.4 is 0 Å². The number of likely N-dealkylation sites (N-methyl/N-ethyl adjacent to an activating group) is 2. The Bertz CT molecular complexity index is 416. The molecule has 4 nitrogen and oxygen atoms in total. The molecule has 98 valence electrons. The number of nitrogens with zero attached hydrogens (tertiary/aromatic N) is 2. The maximum atomic E-state index is 12.3. The lowest BCUT2D eigenvalue weighted by molar-refractivity contribution is 0.0644. The largest absolute Gasteiger partial charge is 0.508 e. The average Bonchev–Trinajstić information content (AvgIpc) is 2.38. The van der Waals surface area contributed by atoms with Gasteiger partial charge in [-0.25, -0.2) is 0 Å². The third-order valence-electron chi connectivity index (χ3n) is 3.58. The Hall–Kier alpha value is -1.55. The fourth-order valence-electron chi connectivity index (χ4n) is 2.43. The minimum absolute atomic E-state index is 0.0234. The monoisotopic (exact) mass is 248 g/mol. The summed E-state index contributed by atoms with van der Waals surface area (Å²) in [4.78, 5) is 16.4. The van der Waals surface area contributed by atoms with Gasteiger partial charge in [-0.1, -0.05) is 0 Å². The number of phenols is 1. The smallest absolute Gasteiger partial charge is 0.253 e. The number of benzene rings is 1. The quantitative estimate of drug-likeness (QED) is 0.863. The number of hydrogen-bond donors (Lipinski definition) is 1. The van der Waals surface area contributed by atoms with Crippen LogP contribution in [0.2, 0.25) is 0 Å². The second-order valence-electron chi connectivity index (χ2n) is 5.02. The summed E-state index contributed by atoms with van der Waals surface area (Å²) >= 11 is 0. The van der Waals surface area contributed by atoms with Crippen molar-refractivity contribution in [2.45, 2.75) is 18.9 Å². The lowest BCUT2D eigenvalue weighted by Crippen LogP contribution is -2.47. The topological polar surface area (TPSA) is 43.8 Å². The summed E-state index contributed by atoms with van der Waals surface area (Å²) < 4.78 is 0. The normalized spacial score (nSPS) is 20.7. The molecule has 0 saturated carbocycles. The molecule has 1 aliphatic rings. The van der Waals surface area contributed by atoms with Crippen LogP contribution >= 0.6 is 0 Å². The molecule has 1 fully saturated rings. The summed E-state index contributed by atoms with van der Waals surface area (Å²) in [5, 5.41) is 9.23. The maximum Gasteiger partial charge on any atom is 0.253 e. The minimum Gasteiger partial charge on any atom is -0.508 e. The molecule has 18 heavy (non-hydrogen) atoms. The molecule has 1 amide bonds. The first kappa shape index (κ1) is 12.9. The molecule has 1 aromatic carbocycles. The zero-order valence-corrected chi connectivity index (χ0v) is 11.0. The van der Waals surface area contributed by atoms with E-state index < -0.39 is 0 Å². The molecule has 4 heteroatoms. The highest BCUT2D eigenvalue weighted by atomic mass is 16.3. The molecule has 0 radical (unpaired) electrons. The highest BCUT2D eigenvalue weighted by Crippen LogP contribution is 2.17. The molecule has 1 aliphatic heterocycles. The van der Waals surface area contributed by atoms with Gasteiger partial charge in [-0.15, -0.1) is 0 Å². The number of phenolic OH excluding ortho intramolecular Hbond substituents is 1. The molecule has 0 aliphatic carbocycles. The minimum atomic E-state index is 0.0234. The van der Waals surface area contributed by atoms with Crippen molar-refractivity contribution in [3.63, 3.8) is 0 Å². The summed E-state index contributed by atoms with van der Waals surface area (Å²) in [6.45, 7) is 2.04. The average molecular weight is 248 g/mol. The van der Waals surface area contributed by atoms with E-state index in [1.165, 1.54) is 0 Å². The van der Waals surface area contributed by atoms with Crippen LogP contribution in [0.4, 0.5) is 0 Å². The lowest BCUT2D eigenvalue weighted by atomic mass is 10.0. The number of rotatable bonds is 2. The summed E-state index contributed by atoms with van der Waals surface area (Å²) in [6.07, 6.45) is 2.19. The number of carbonyl (C=O) groups is 1. The molecule has 2 rings (SSSR count). The van der Waals surface area contributed by atoms with Crippen LogP contribution in [0.25, 0.3) is 0 Å². The number of aromatic hydroxyl groups is 1. The Morgan fingerprint density at radius 1 is 1.39 bits per heavy atom. The standard InChI is InChI=1S/C14H20N2O2/c1-15-9-3-4-12(10-15)16(2)14(18)11-5-7-13(17)8-6-11/h5-8,12,17H,3-4,9-10H2,1-2H3. The molecule has 0 spiro atoms. The van der Waals surface area contributed by atoms with Crippen molar-refractivity contribution in [1.82, 2.24) is 9.80 Å². The van der Waals surface area contributed by atoms with Crippen LogP contribution in [0.15, 0.2) is 24.3 Å². The molecule has 1 N–H and O–H groups in total. The molecule has 1 heterocycles. The first-order chi connectivity index (χ1) is 8.58. The van der Waals surface area contributed by atoms with E-state index in [-0.39, 0.29) is 17.7 Å². The van der Waals surface area contributed by atoms with Gasteiger partial charge in [0, 0.05) is 25.2 Å². The molecular weight excluding hydrogens is 228 g/mol. The van der Waals surface area contributed by atoms with Crippen LogP contribution in [0.1, 0.15) is 23.2 Å². The van der Waals surface area contributed by atoms with Gasteiger partial charge in [0.25, 0.3) is 5.91 Å². The highest BCUT2D eigenvalue weighted by Gasteiger charge is 2.24. The second-order valence-corrected chi connectivity index (χ2v) is 5.02. The van der Waals surface area contributed by atoms with Crippen LogP contribution in [0.5, 0.6) is 5.75 Å². The van der Waals surface area contributed by atoms with E-state index in [1.54, 1.807) is 24.3 Å². The summed E-state index contributed by atoms with van der Waals surface area (Å²) in [6, 6.07) is 6.72. The summed E-state index contributed by atoms with van der Waals surface area (Å²) in [5.74, 6) is 0.210. The van der Waals surface area contributed by atoms with Gasteiger partial charge in [-0.05, 0) is 50.7 Å². The van der Waals surface area contributed by atoms with Gasteiger partial charge in [0.05, 0.1) is 0 Å². The van der Waals surface area contributed by atoms with E-state index in [4.69, 9.17) is 0 Å². The van der Waals surface area contributed by atoms with Crippen molar-refractivity contribution in [2.75, 3.05) is 27.2 Å². The van der Waals surface area contributed by atoms with Crippen molar-refractivity contribution < 1.29 is 9.90 Å². The molecule has 1 atom stereocenters. The summed E-state index contributed by atoms with van der Waals surface area (Å²) in [5.41, 5.74) is 0.628. The Labute approximate surface area is 108 Å². The van der Waals surface area contributed by atoms with Gasteiger partial charge in [-0.2, -0.15) is 0 Å². The van der Waals surface area contributed by atoms with Gasteiger partial charge in [-0.3, -0.25) is 4.79 Å². The molecule has 0 bridgehead atoms. The Morgan fingerprint density at radius 3 is 2.67 bits per heavy atom. The molecular formula is C14H20N2O2. The number of hydrogen-bond acceptors (Lipinski definition) is 3. The van der Waals surface area contributed by atoms with E-state index in [0.717, 1.165) is 25.9 Å². The predicted molar refractivity (Wildman–Crippen MR) is 70.7 cm³/mol. The Kier molecular flexibility index (Phi) is 3.87. The van der Waals surface area contributed by atoms with E-state index in [0.29, 0.717) is 5.56 Å². The van der Waals surface area contributed by atoms with E-state index in [9.17, 15) is 9.90 Å². The molecule has 1 unspecified atom stereocenters. The van der Waals surface area contributed by atoms with Crippen molar-refractivity contribution in [3.8, 4) is 5.75 Å². The summed E-state index contributed by atoms with van der Waals surface area (Å²) in [7, 11) is 3.95. The van der Waals surface area contributed by atoms with Crippen molar-refractivity contribution in [2.24, 2.45) is 0 Å². The SMILES string of the molecule is CN1CCCC(N(C)C(=O)c2ccc(O)cc2)C1. The fourth-order valence-corrected chi connectivity index (χ4v) is 2.43. The fraction of sp³-hybridized carbons (Fsp3) is 0.500. The zero-order chi connectivity index (χ0) is 13.1. The Morgan fingerprint density at radius 2 is 2.06 bits per heavy atom. The number of amides is 1. The third-order valence-corrected chi connectivity index (χ3v) is 3.58. The maximum absolute atomic E-state index is 12.3. The van der Waals surface area contributed by atoms with E-state index in [1.807, 2.05) is 11.9 Å². The van der Waals surface area contributed by atoms with Crippen LogP contribution in [0, 0.1) is 0 Å². The van der Waals surface area contributed by atoms with Gasteiger partial charge in [0.15, 0.2) is 0 Å². The van der Waals surface area contributed by atoms with E-state index >= 15 is 0 Å². The molecule has 1 saturated heterocycles.